The number of para-hydroxylation sites is 1. The Morgan fingerprint density at radius 1 is 1.00 bits per heavy atom. The molecule has 0 radical (unpaired) electrons. The van der Waals surface area contributed by atoms with E-state index in [4.69, 9.17) is 23.2 Å². The number of rotatable bonds is 3. The molecule has 2 amide bonds. The van der Waals surface area contributed by atoms with E-state index in [1.807, 2.05) is 4.90 Å². The van der Waals surface area contributed by atoms with Crippen molar-refractivity contribution in [3.63, 3.8) is 0 Å². The molecule has 0 atom stereocenters. The Morgan fingerprint density at radius 2 is 1.72 bits per heavy atom. The zero-order valence-electron chi connectivity index (χ0n) is 13.5. The minimum absolute atomic E-state index is 0.0226. The number of aromatic nitrogens is 1. The van der Waals surface area contributed by atoms with Crippen LogP contribution in [0.15, 0.2) is 36.4 Å². The fourth-order valence-corrected chi connectivity index (χ4v) is 3.14. The molecule has 1 saturated heterocycles. The summed E-state index contributed by atoms with van der Waals surface area (Å²) in [6.45, 7) is 1.48. The van der Waals surface area contributed by atoms with Gasteiger partial charge in [-0.3, -0.25) is 9.59 Å². The number of carbonyl (C=O) groups excluding carboxylic acids is 2. The molecule has 1 aromatic carbocycles. The van der Waals surface area contributed by atoms with Crippen LogP contribution < -0.4 is 5.32 Å². The number of benzene rings is 1. The van der Waals surface area contributed by atoms with E-state index in [9.17, 15) is 9.59 Å². The molecular weight excluding hydrogens is 361 g/mol. The predicted molar refractivity (Wildman–Crippen MR) is 98.4 cm³/mol. The lowest BCUT2D eigenvalue weighted by molar-refractivity contribution is 0.0725. The third kappa shape index (κ3) is 4.11. The predicted octanol–water partition coefficient (Wildman–Crippen LogP) is 4.27. The van der Waals surface area contributed by atoms with Gasteiger partial charge in [0.2, 0.25) is 0 Å². The summed E-state index contributed by atoms with van der Waals surface area (Å²) < 4.78 is 0. The molecule has 130 valence electrons. The van der Waals surface area contributed by atoms with Crippen LogP contribution in [0.5, 0.6) is 0 Å². The number of likely N-dealkylation sites (tertiary alicyclic amines) is 1. The van der Waals surface area contributed by atoms with E-state index in [2.05, 4.69) is 10.3 Å². The minimum atomic E-state index is -0.508. The Hall–Kier alpha value is -2.11. The molecule has 1 aliphatic rings. The molecule has 1 fully saturated rings. The van der Waals surface area contributed by atoms with Gasteiger partial charge in [-0.15, -0.1) is 0 Å². The van der Waals surface area contributed by atoms with Gasteiger partial charge < -0.3 is 10.2 Å². The highest BCUT2D eigenvalue weighted by Gasteiger charge is 2.22. The number of nitrogens with zero attached hydrogens (tertiary/aromatic N) is 2. The second-order valence-corrected chi connectivity index (χ2v) is 6.61. The van der Waals surface area contributed by atoms with Crippen molar-refractivity contribution >= 4 is 40.7 Å². The van der Waals surface area contributed by atoms with Crippen molar-refractivity contribution in [3.8, 4) is 0 Å². The van der Waals surface area contributed by atoms with E-state index in [-0.39, 0.29) is 21.8 Å². The SMILES string of the molecule is O=C(Nc1ccccc1C(=O)N1CCCCC1)c1nc(Cl)ccc1Cl. The first-order valence-electron chi connectivity index (χ1n) is 8.08. The van der Waals surface area contributed by atoms with Gasteiger partial charge in [0.1, 0.15) is 10.8 Å². The number of amides is 2. The summed E-state index contributed by atoms with van der Waals surface area (Å²) in [5.74, 6) is -0.591. The maximum absolute atomic E-state index is 12.8. The van der Waals surface area contributed by atoms with Gasteiger partial charge >= 0.3 is 0 Å². The molecule has 0 bridgehead atoms. The van der Waals surface area contributed by atoms with Crippen molar-refractivity contribution < 1.29 is 9.59 Å². The Kier molecular flexibility index (Phi) is 5.56. The standard InChI is InChI=1S/C18H17Cl2N3O2/c19-13-8-9-15(20)22-16(13)17(24)21-14-7-3-2-6-12(14)18(25)23-10-4-1-5-11-23/h2-3,6-9H,1,4-5,10-11H2,(H,21,24). The second-order valence-electron chi connectivity index (χ2n) is 5.82. The van der Waals surface area contributed by atoms with Gasteiger partial charge in [-0.1, -0.05) is 35.3 Å². The maximum Gasteiger partial charge on any atom is 0.275 e. The van der Waals surface area contributed by atoms with Gasteiger partial charge in [-0.2, -0.15) is 0 Å². The number of carbonyl (C=O) groups is 2. The molecule has 1 aliphatic heterocycles. The summed E-state index contributed by atoms with van der Waals surface area (Å²) >= 11 is 11.9. The molecule has 0 spiro atoms. The third-order valence-corrected chi connectivity index (χ3v) is 4.59. The van der Waals surface area contributed by atoms with Gasteiger partial charge in [0.25, 0.3) is 11.8 Å². The van der Waals surface area contributed by atoms with Crippen LogP contribution in [0.3, 0.4) is 0 Å². The number of piperidine rings is 1. The number of nitrogens with one attached hydrogen (secondary N) is 1. The average Bonchev–Trinajstić information content (AvgIpc) is 2.64. The summed E-state index contributed by atoms with van der Waals surface area (Å²) in [6, 6.07) is 9.95. The summed E-state index contributed by atoms with van der Waals surface area (Å²) in [4.78, 5) is 31.0. The molecule has 1 aromatic heterocycles. The van der Waals surface area contributed by atoms with Crippen LogP contribution in [0.2, 0.25) is 10.2 Å². The highest BCUT2D eigenvalue weighted by molar-refractivity contribution is 6.35. The Morgan fingerprint density at radius 3 is 2.48 bits per heavy atom. The third-order valence-electron chi connectivity index (χ3n) is 4.08. The van der Waals surface area contributed by atoms with Crippen molar-refractivity contribution in [1.82, 2.24) is 9.88 Å². The van der Waals surface area contributed by atoms with Crippen LogP contribution in [0.25, 0.3) is 0 Å². The summed E-state index contributed by atoms with van der Waals surface area (Å²) in [5.41, 5.74) is 0.909. The highest BCUT2D eigenvalue weighted by atomic mass is 35.5. The molecule has 25 heavy (non-hydrogen) atoms. The van der Waals surface area contributed by atoms with Crippen LogP contribution in [0.1, 0.15) is 40.1 Å². The second kappa shape index (κ2) is 7.85. The van der Waals surface area contributed by atoms with Crippen LogP contribution in [0, 0.1) is 0 Å². The smallest absolute Gasteiger partial charge is 0.275 e. The highest BCUT2D eigenvalue weighted by Crippen LogP contribution is 2.22. The van der Waals surface area contributed by atoms with E-state index in [0.717, 1.165) is 32.4 Å². The van der Waals surface area contributed by atoms with Crippen LogP contribution in [-0.4, -0.2) is 34.8 Å². The van der Waals surface area contributed by atoms with E-state index < -0.39 is 5.91 Å². The number of halogens is 2. The van der Waals surface area contributed by atoms with E-state index >= 15 is 0 Å². The first-order chi connectivity index (χ1) is 12.1. The Balaban J connectivity index is 1.84. The van der Waals surface area contributed by atoms with Gasteiger partial charge in [-0.25, -0.2) is 4.98 Å². The molecule has 2 heterocycles. The van der Waals surface area contributed by atoms with Gasteiger partial charge in [0.15, 0.2) is 0 Å². The minimum Gasteiger partial charge on any atom is -0.339 e. The largest absolute Gasteiger partial charge is 0.339 e. The normalized spacial score (nSPS) is 14.2. The topological polar surface area (TPSA) is 62.3 Å². The number of anilines is 1. The van der Waals surface area contributed by atoms with Gasteiger partial charge in [0, 0.05) is 13.1 Å². The maximum atomic E-state index is 12.8. The molecule has 3 rings (SSSR count). The monoisotopic (exact) mass is 377 g/mol. The molecule has 0 unspecified atom stereocenters. The fourth-order valence-electron chi connectivity index (χ4n) is 2.81. The van der Waals surface area contributed by atoms with Gasteiger partial charge in [0.05, 0.1) is 16.3 Å². The molecule has 0 aliphatic carbocycles. The fraction of sp³-hybridized carbons (Fsp3) is 0.278. The molecule has 1 N–H and O–H groups in total. The van der Waals surface area contributed by atoms with Crippen molar-refractivity contribution in [2.75, 3.05) is 18.4 Å². The Labute approximate surface area is 155 Å². The lowest BCUT2D eigenvalue weighted by Gasteiger charge is -2.27. The van der Waals surface area contributed by atoms with E-state index in [1.54, 1.807) is 24.3 Å². The first kappa shape index (κ1) is 17.7. The summed E-state index contributed by atoms with van der Waals surface area (Å²) in [7, 11) is 0. The zero-order valence-corrected chi connectivity index (χ0v) is 15.0. The molecule has 5 nitrogen and oxygen atoms in total. The summed E-state index contributed by atoms with van der Waals surface area (Å²) in [6.07, 6.45) is 3.14. The first-order valence-corrected chi connectivity index (χ1v) is 8.83. The van der Waals surface area contributed by atoms with E-state index in [1.165, 1.54) is 12.1 Å². The quantitative estimate of drug-likeness (QED) is 0.812. The number of pyridine rings is 1. The van der Waals surface area contributed by atoms with Crippen molar-refractivity contribution in [3.05, 3.63) is 57.8 Å². The van der Waals surface area contributed by atoms with Gasteiger partial charge in [-0.05, 0) is 43.5 Å². The average molecular weight is 378 g/mol. The molecule has 0 saturated carbocycles. The lowest BCUT2D eigenvalue weighted by atomic mass is 10.1. The molecule has 7 heteroatoms. The molecule has 2 aromatic rings. The van der Waals surface area contributed by atoms with Crippen LogP contribution in [-0.2, 0) is 0 Å². The van der Waals surface area contributed by atoms with Crippen LogP contribution in [0.4, 0.5) is 5.69 Å². The molecular formula is C18H17Cl2N3O2. The zero-order chi connectivity index (χ0) is 17.8. The van der Waals surface area contributed by atoms with E-state index in [0.29, 0.717) is 11.3 Å². The lowest BCUT2D eigenvalue weighted by Crippen LogP contribution is -2.36. The van der Waals surface area contributed by atoms with Crippen molar-refractivity contribution in [2.45, 2.75) is 19.3 Å². The van der Waals surface area contributed by atoms with Crippen LogP contribution >= 0.6 is 23.2 Å². The van der Waals surface area contributed by atoms with Crippen molar-refractivity contribution in [1.29, 1.82) is 0 Å². The number of hydrogen-bond acceptors (Lipinski definition) is 3. The van der Waals surface area contributed by atoms with Crippen molar-refractivity contribution in [2.24, 2.45) is 0 Å². The number of hydrogen-bond donors (Lipinski definition) is 1. The Bertz CT molecular complexity index is 805. The summed E-state index contributed by atoms with van der Waals surface area (Å²) in [5, 5.41) is 3.09.